The molecule has 1 aromatic heterocycles. The Hall–Kier alpha value is -2.22. The minimum absolute atomic E-state index is 0.230. The van der Waals surface area contributed by atoms with Crippen molar-refractivity contribution in [2.75, 3.05) is 5.32 Å². The Labute approximate surface area is 134 Å². The van der Waals surface area contributed by atoms with Crippen molar-refractivity contribution in [3.05, 3.63) is 57.9 Å². The topological polar surface area (TPSA) is 75.1 Å². The molecule has 6 heteroatoms. The van der Waals surface area contributed by atoms with Crippen molar-refractivity contribution >= 4 is 51.0 Å². The van der Waals surface area contributed by atoms with E-state index in [4.69, 9.17) is 5.11 Å². The van der Waals surface area contributed by atoms with E-state index in [-0.39, 0.29) is 5.56 Å². The van der Waals surface area contributed by atoms with Gasteiger partial charge in [-0.1, -0.05) is 6.07 Å². The first-order chi connectivity index (χ1) is 10.1. The van der Waals surface area contributed by atoms with Crippen LogP contribution in [0.2, 0.25) is 0 Å². The van der Waals surface area contributed by atoms with Gasteiger partial charge in [-0.3, -0.25) is 0 Å². The largest absolute Gasteiger partial charge is 0.478 e. The molecule has 0 saturated heterocycles. The van der Waals surface area contributed by atoms with Gasteiger partial charge in [0.25, 0.3) is 0 Å². The molecule has 21 heavy (non-hydrogen) atoms. The number of carboxylic acids is 1. The van der Waals surface area contributed by atoms with Crippen molar-refractivity contribution in [3.8, 4) is 0 Å². The van der Waals surface area contributed by atoms with Gasteiger partial charge in [-0.2, -0.15) is 0 Å². The first kappa shape index (κ1) is 13.7. The van der Waals surface area contributed by atoms with E-state index in [2.05, 4.69) is 37.9 Å². The lowest BCUT2D eigenvalue weighted by atomic mass is 10.2. The van der Waals surface area contributed by atoms with Crippen LogP contribution >= 0.6 is 22.6 Å². The molecule has 0 amide bonds. The molecule has 104 valence electrons. The SMILES string of the molecule is O=C(O)c1cccc(Nc2ncnc3ccc(I)cc23)c1. The third-order valence-electron chi connectivity index (χ3n) is 2.97. The Morgan fingerprint density at radius 3 is 2.81 bits per heavy atom. The van der Waals surface area contributed by atoms with E-state index in [1.807, 2.05) is 18.2 Å². The van der Waals surface area contributed by atoms with Gasteiger partial charge in [-0.05, 0) is 59.0 Å². The van der Waals surface area contributed by atoms with Gasteiger partial charge in [0.1, 0.15) is 12.1 Å². The second-order valence-corrected chi connectivity index (χ2v) is 5.64. The average molecular weight is 391 g/mol. The number of fused-ring (bicyclic) bond motifs is 1. The van der Waals surface area contributed by atoms with Crippen LogP contribution in [0, 0.1) is 3.57 Å². The number of hydrogen-bond donors (Lipinski definition) is 2. The number of halogens is 1. The van der Waals surface area contributed by atoms with Gasteiger partial charge in [0.2, 0.25) is 0 Å². The minimum Gasteiger partial charge on any atom is -0.478 e. The predicted molar refractivity (Wildman–Crippen MR) is 88.9 cm³/mol. The second kappa shape index (κ2) is 5.65. The van der Waals surface area contributed by atoms with Crippen LogP contribution in [0.1, 0.15) is 10.4 Å². The highest BCUT2D eigenvalue weighted by atomic mass is 127. The molecule has 0 bridgehead atoms. The summed E-state index contributed by atoms with van der Waals surface area (Å²) in [5.41, 5.74) is 1.74. The van der Waals surface area contributed by atoms with Crippen molar-refractivity contribution in [2.24, 2.45) is 0 Å². The quantitative estimate of drug-likeness (QED) is 0.667. The van der Waals surface area contributed by atoms with Crippen LogP contribution in [-0.4, -0.2) is 21.0 Å². The molecule has 0 aliphatic heterocycles. The van der Waals surface area contributed by atoms with Gasteiger partial charge in [-0.15, -0.1) is 0 Å². The average Bonchev–Trinajstić information content (AvgIpc) is 2.48. The second-order valence-electron chi connectivity index (χ2n) is 4.39. The Morgan fingerprint density at radius 2 is 2.00 bits per heavy atom. The number of rotatable bonds is 3. The number of anilines is 2. The standard InChI is InChI=1S/C15H10IN3O2/c16-10-4-5-13-12(7-10)14(18-8-17-13)19-11-3-1-2-9(6-11)15(20)21/h1-8H,(H,20,21)(H,17,18,19). The summed E-state index contributed by atoms with van der Waals surface area (Å²) in [6.07, 6.45) is 1.48. The summed E-state index contributed by atoms with van der Waals surface area (Å²) in [4.78, 5) is 19.5. The number of nitrogens with zero attached hydrogens (tertiary/aromatic N) is 2. The van der Waals surface area contributed by atoms with E-state index in [1.54, 1.807) is 24.3 Å². The molecule has 0 aliphatic rings. The minimum atomic E-state index is -0.958. The lowest BCUT2D eigenvalue weighted by molar-refractivity contribution is 0.0697. The maximum Gasteiger partial charge on any atom is 0.335 e. The number of aromatic nitrogens is 2. The number of hydrogen-bond acceptors (Lipinski definition) is 4. The van der Waals surface area contributed by atoms with Crippen LogP contribution in [0.5, 0.6) is 0 Å². The Kier molecular flexibility index (Phi) is 3.70. The van der Waals surface area contributed by atoms with Crippen molar-refractivity contribution in [1.82, 2.24) is 9.97 Å². The number of carbonyl (C=O) groups is 1. The fraction of sp³-hybridized carbons (Fsp3) is 0. The van der Waals surface area contributed by atoms with E-state index in [0.29, 0.717) is 11.5 Å². The molecule has 0 unspecified atom stereocenters. The predicted octanol–water partition coefficient (Wildman–Crippen LogP) is 3.68. The molecule has 3 rings (SSSR count). The van der Waals surface area contributed by atoms with E-state index in [0.717, 1.165) is 14.5 Å². The lowest BCUT2D eigenvalue weighted by Crippen LogP contribution is -1.99. The molecule has 2 N–H and O–H groups in total. The zero-order valence-electron chi connectivity index (χ0n) is 10.7. The van der Waals surface area contributed by atoms with Gasteiger partial charge < -0.3 is 10.4 Å². The van der Waals surface area contributed by atoms with E-state index in [9.17, 15) is 4.79 Å². The number of aromatic carboxylic acids is 1. The summed E-state index contributed by atoms with van der Waals surface area (Å²) >= 11 is 2.23. The fourth-order valence-electron chi connectivity index (χ4n) is 2.00. The molecule has 3 aromatic rings. The fourth-order valence-corrected chi connectivity index (χ4v) is 2.49. The van der Waals surface area contributed by atoms with E-state index < -0.39 is 5.97 Å². The highest BCUT2D eigenvalue weighted by Crippen LogP contribution is 2.24. The van der Waals surface area contributed by atoms with Crippen LogP contribution < -0.4 is 5.32 Å². The summed E-state index contributed by atoms with van der Waals surface area (Å²) in [6, 6.07) is 12.5. The summed E-state index contributed by atoms with van der Waals surface area (Å²) in [5, 5.41) is 13.1. The van der Waals surface area contributed by atoms with Crippen molar-refractivity contribution in [3.63, 3.8) is 0 Å². The molecule has 2 aromatic carbocycles. The molecular weight excluding hydrogens is 381 g/mol. The Balaban J connectivity index is 2.04. The molecule has 0 fully saturated rings. The van der Waals surface area contributed by atoms with Crippen LogP contribution in [0.4, 0.5) is 11.5 Å². The first-order valence-corrected chi connectivity index (χ1v) is 7.22. The van der Waals surface area contributed by atoms with Gasteiger partial charge in [-0.25, -0.2) is 14.8 Å². The van der Waals surface area contributed by atoms with Gasteiger partial charge >= 0.3 is 5.97 Å². The monoisotopic (exact) mass is 391 g/mol. The molecule has 0 saturated carbocycles. The van der Waals surface area contributed by atoms with Crippen LogP contribution in [-0.2, 0) is 0 Å². The maximum atomic E-state index is 11.0. The smallest absolute Gasteiger partial charge is 0.335 e. The summed E-state index contributed by atoms with van der Waals surface area (Å²) in [5.74, 6) is -0.304. The summed E-state index contributed by atoms with van der Waals surface area (Å²) in [7, 11) is 0. The van der Waals surface area contributed by atoms with Gasteiger partial charge in [0, 0.05) is 14.6 Å². The Bertz CT molecular complexity index is 836. The van der Waals surface area contributed by atoms with E-state index >= 15 is 0 Å². The molecule has 5 nitrogen and oxygen atoms in total. The summed E-state index contributed by atoms with van der Waals surface area (Å²) in [6.45, 7) is 0. The van der Waals surface area contributed by atoms with Crippen molar-refractivity contribution in [1.29, 1.82) is 0 Å². The zero-order chi connectivity index (χ0) is 14.8. The molecule has 0 aliphatic carbocycles. The number of nitrogens with one attached hydrogen (secondary N) is 1. The van der Waals surface area contributed by atoms with Crippen LogP contribution in [0.15, 0.2) is 48.8 Å². The van der Waals surface area contributed by atoms with Crippen LogP contribution in [0.3, 0.4) is 0 Å². The third kappa shape index (κ3) is 2.94. The van der Waals surface area contributed by atoms with Gasteiger partial charge in [0.15, 0.2) is 0 Å². The maximum absolute atomic E-state index is 11.0. The highest BCUT2D eigenvalue weighted by Gasteiger charge is 2.07. The zero-order valence-corrected chi connectivity index (χ0v) is 12.9. The lowest BCUT2D eigenvalue weighted by Gasteiger charge is -2.09. The molecule has 0 radical (unpaired) electrons. The first-order valence-electron chi connectivity index (χ1n) is 6.14. The summed E-state index contributed by atoms with van der Waals surface area (Å²) < 4.78 is 1.08. The normalized spacial score (nSPS) is 10.5. The Morgan fingerprint density at radius 1 is 1.14 bits per heavy atom. The van der Waals surface area contributed by atoms with E-state index in [1.165, 1.54) is 6.33 Å². The molecular formula is C15H10IN3O2. The molecule has 0 spiro atoms. The van der Waals surface area contributed by atoms with Gasteiger partial charge in [0.05, 0.1) is 11.1 Å². The third-order valence-corrected chi connectivity index (χ3v) is 3.64. The van der Waals surface area contributed by atoms with Crippen molar-refractivity contribution < 1.29 is 9.90 Å². The number of carboxylic acid groups (broad SMARTS) is 1. The number of benzene rings is 2. The van der Waals surface area contributed by atoms with Crippen LogP contribution in [0.25, 0.3) is 10.9 Å². The molecule has 1 heterocycles. The van der Waals surface area contributed by atoms with Crippen molar-refractivity contribution in [2.45, 2.75) is 0 Å². The molecule has 0 atom stereocenters. The highest BCUT2D eigenvalue weighted by molar-refractivity contribution is 14.1.